The second-order valence-corrected chi connectivity index (χ2v) is 4.08. The molecule has 0 aromatic carbocycles. The van der Waals surface area contributed by atoms with E-state index < -0.39 is 0 Å². The van der Waals surface area contributed by atoms with Crippen molar-refractivity contribution >= 4 is 12.2 Å². The Morgan fingerprint density at radius 1 is 0.933 bits per heavy atom. The smallest absolute Gasteiger partial charge is 0.211 e. The largest absolute Gasteiger partial charge is 0.234 e. The molecule has 0 aromatic rings. The highest BCUT2D eigenvalue weighted by atomic mass is 16.1. The first-order valence-electron chi connectivity index (χ1n) is 5.44. The van der Waals surface area contributed by atoms with Crippen molar-refractivity contribution in [1.29, 1.82) is 0 Å². The van der Waals surface area contributed by atoms with E-state index >= 15 is 0 Å². The van der Waals surface area contributed by atoms with Crippen molar-refractivity contribution in [2.45, 2.75) is 32.1 Å². The molecule has 0 atom stereocenters. The van der Waals surface area contributed by atoms with Gasteiger partial charge in [-0.2, -0.15) is 0 Å². The molecular formula is C11H16N2O2. The summed E-state index contributed by atoms with van der Waals surface area (Å²) in [6.45, 7) is 1.23. The van der Waals surface area contributed by atoms with Crippen molar-refractivity contribution < 1.29 is 9.59 Å². The fourth-order valence-corrected chi connectivity index (χ4v) is 2.16. The van der Waals surface area contributed by atoms with Gasteiger partial charge in [0.2, 0.25) is 12.2 Å². The summed E-state index contributed by atoms with van der Waals surface area (Å²) in [4.78, 5) is 27.0. The Balaban J connectivity index is 2.17. The van der Waals surface area contributed by atoms with Crippen LogP contribution in [0.1, 0.15) is 32.1 Å². The van der Waals surface area contributed by atoms with Crippen molar-refractivity contribution in [2.75, 3.05) is 13.1 Å². The van der Waals surface area contributed by atoms with Crippen molar-refractivity contribution in [3.63, 3.8) is 0 Å². The normalized spacial score (nSPS) is 25.1. The minimum absolute atomic E-state index is 0.553. The summed E-state index contributed by atoms with van der Waals surface area (Å²) in [5.74, 6) is 1.23. The highest BCUT2D eigenvalue weighted by Gasteiger charge is 2.20. The topological polar surface area (TPSA) is 58.9 Å². The van der Waals surface area contributed by atoms with Crippen LogP contribution in [0, 0.1) is 11.8 Å². The molecule has 0 aromatic heterocycles. The Labute approximate surface area is 89.5 Å². The van der Waals surface area contributed by atoms with E-state index in [0.29, 0.717) is 24.9 Å². The van der Waals surface area contributed by atoms with E-state index in [1.165, 1.54) is 0 Å². The zero-order valence-electron chi connectivity index (χ0n) is 8.82. The summed E-state index contributed by atoms with van der Waals surface area (Å²) < 4.78 is 0. The molecule has 0 spiro atoms. The maximum atomic E-state index is 9.95. The predicted octanol–water partition coefficient (Wildman–Crippen LogP) is 1.85. The van der Waals surface area contributed by atoms with Crippen LogP contribution < -0.4 is 0 Å². The molecule has 15 heavy (non-hydrogen) atoms. The molecule has 1 aliphatic carbocycles. The zero-order valence-corrected chi connectivity index (χ0v) is 8.82. The van der Waals surface area contributed by atoms with Gasteiger partial charge in [0, 0.05) is 0 Å². The van der Waals surface area contributed by atoms with E-state index in [-0.39, 0.29) is 0 Å². The Morgan fingerprint density at radius 3 is 2.13 bits per heavy atom. The number of nitrogens with zero attached hydrogens (tertiary/aromatic N) is 2. The molecule has 1 saturated carbocycles. The Hall–Kier alpha value is -1.24. The van der Waals surface area contributed by atoms with Crippen LogP contribution in [0.2, 0.25) is 0 Å². The van der Waals surface area contributed by atoms with Crippen LogP contribution in [0.25, 0.3) is 0 Å². The third-order valence-electron chi connectivity index (χ3n) is 3.09. The Bertz CT molecular complexity index is 270. The van der Waals surface area contributed by atoms with Gasteiger partial charge in [-0.1, -0.05) is 12.8 Å². The SMILES string of the molecule is O=C=NCC[C@H]1CC[C@H](CN=C=O)CC1. The molecule has 0 bridgehead atoms. The van der Waals surface area contributed by atoms with E-state index in [1.54, 1.807) is 12.2 Å². The van der Waals surface area contributed by atoms with Crippen molar-refractivity contribution in [3.8, 4) is 0 Å². The molecule has 0 amide bonds. The van der Waals surface area contributed by atoms with Gasteiger partial charge in [0.15, 0.2) is 0 Å². The molecule has 4 heteroatoms. The molecule has 4 nitrogen and oxygen atoms in total. The van der Waals surface area contributed by atoms with Gasteiger partial charge in [0.05, 0.1) is 13.1 Å². The first-order chi connectivity index (χ1) is 7.36. The van der Waals surface area contributed by atoms with Crippen molar-refractivity contribution in [2.24, 2.45) is 21.8 Å². The molecule has 0 unspecified atom stereocenters. The molecule has 0 aliphatic heterocycles. The van der Waals surface area contributed by atoms with E-state index in [2.05, 4.69) is 9.98 Å². The van der Waals surface area contributed by atoms with E-state index in [4.69, 9.17) is 0 Å². The first-order valence-corrected chi connectivity index (χ1v) is 5.44. The van der Waals surface area contributed by atoms with Crippen LogP contribution in [-0.2, 0) is 9.59 Å². The van der Waals surface area contributed by atoms with E-state index in [1.807, 2.05) is 0 Å². The minimum Gasteiger partial charge on any atom is -0.211 e. The van der Waals surface area contributed by atoms with Crippen LogP contribution in [0.15, 0.2) is 9.98 Å². The summed E-state index contributed by atoms with van der Waals surface area (Å²) in [5, 5.41) is 0. The molecule has 0 heterocycles. The van der Waals surface area contributed by atoms with Gasteiger partial charge < -0.3 is 0 Å². The van der Waals surface area contributed by atoms with Gasteiger partial charge in [0.25, 0.3) is 0 Å². The second kappa shape index (κ2) is 7.10. The fourth-order valence-electron chi connectivity index (χ4n) is 2.16. The van der Waals surface area contributed by atoms with Gasteiger partial charge in [0.1, 0.15) is 0 Å². The average Bonchev–Trinajstić information content (AvgIpc) is 2.28. The third kappa shape index (κ3) is 4.68. The van der Waals surface area contributed by atoms with Crippen LogP contribution in [0.3, 0.4) is 0 Å². The van der Waals surface area contributed by atoms with Crippen LogP contribution >= 0.6 is 0 Å². The van der Waals surface area contributed by atoms with E-state index in [0.717, 1.165) is 32.1 Å². The van der Waals surface area contributed by atoms with Gasteiger partial charge in [-0.05, 0) is 31.1 Å². The summed E-state index contributed by atoms with van der Waals surface area (Å²) in [6.07, 6.45) is 8.70. The molecule has 82 valence electrons. The number of isocyanates is 2. The maximum Gasteiger partial charge on any atom is 0.234 e. The van der Waals surface area contributed by atoms with Crippen LogP contribution in [0.4, 0.5) is 0 Å². The number of rotatable bonds is 5. The van der Waals surface area contributed by atoms with Gasteiger partial charge in [-0.3, -0.25) is 0 Å². The molecular weight excluding hydrogens is 192 g/mol. The number of hydrogen-bond acceptors (Lipinski definition) is 4. The van der Waals surface area contributed by atoms with E-state index in [9.17, 15) is 9.59 Å². The molecule has 1 aliphatic rings. The lowest BCUT2D eigenvalue weighted by Gasteiger charge is -2.26. The molecule has 1 rings (SSSR count). The van der Waals surface area contributed by atoms with Gasteiger partial charge in [-0.15, -0.1) is 0 Å². The number of aliphatic imine (C=N–C) groups is 2. The number of hydrogen-bond donors (Lipinski definition) is 0. The van der Waals surface area contributed by atoms with Crippen LogP contribution in [-0.4, -0.2) is 25.2 Å². The summed E-state index contributed by atoms with van der Waals surface area (Å²) in [5.41, 5.74) is 0. The lowest BCUT2D eigenvalue weighted by molar-refractivity contribution is 0.271. The fraction of sp³-hybridized carbons (Fsp3) is 0.818. The Kier molecular flexibility index (Phi) is 5.60. The van der Waals surface area contributed by atoms with Crippen LogP contribution in [0.5, 0.6) is 0 Å². The molecule has 0 saturated heterocycles. The average molecular weight is 208 g/mol. The Morgan fingerprint density at radius 2 is 1.53 bits per heavy atom. The summed E-state index contributed by atoms with van der Waals surface area (Å²) in [7, 11) is 0. The highest BCUT2D eigenvalue weighted by Crippen LogP contribution is 2.30. The summed E-state index contributed by atoms with van der Waals surface area (Å²) in [6, 6.07) is 0. The quantitative estimate of drug-likeness (QED) is 0.511. The molecule has 1 fully saturated rings. The van der Waals surface area contributed by atoms with Gasteiger partial charge in [-0.25, -0.2) is 19.6 Å². The van der Waals surface area contributed by atoms with Gasteiger partial charge >= 0.3 is 0 Å². The summed E-state index contributed by atoms with van der Waals surface area (Å²) >= 11 is 0. The molecule has 0 radical (unpaired) electrons. The standard InChI is InChI=1S/C11H16N2O2/c14-8-12-6-5-10-1-3-11(4-2-10)7-13-9-15/h10-11H,1-7H2/t10-,11-. The highest BCUT2D eigenvalue weighted by molar-refractivity contribution is 5.33. The minimum atomic E-state index is 0.553. The lowest BCUT2D eigenvalue weighted by atomic mass is 9.80. The number of carbonyl (C=O) groups excluding carboxylic acids is 2. The van der Waals surface area contributed by atoms with Crippen molar-refractivity contribution in [3.05, 3.63) is 0 Å². The zero-order chi connectivity index (χ0) is 10.9. The predicted molar refractivity (Wildman–Crippen MR) is 56.0 cm³/mol. The lowest BCUT2D eigenvalue weighted by Crippen LogP contribution is -2.17. The molecule has 0 N–H and O–H groups in total. The van der Waals surface area contributed by atoms with Crippen molar-refractivity contribution in [1.82, 2.24) is 0 Å². The second-order valence-electron chi connectivity index (χ2n) is 4.08. The maximum absolute atomic E-state index is 9.95. The third-order valence-corrected chi connectivity index (χ3v) is 3.09. The monoisotopic (exact) mass is 208 g/mol. The first kappa shape index (κ1) is 11.8.